The van der Waals surface area contributed by atoms with Gasteiger partial charge in [-0.15, -0.1) is 0 Å². The fourth-order valence-electron chi connectivity index (χ4n) is 4.59. The van der Waals surface area contributed by atoms with Crippen molar-refractivity contribution in [3.63, 3.8) is 0 Å². The van der Waals surface area contributed by atoms with Gasteiger partial charge in [0.2, 0.25) is 5.91 Å². The van der Waals surface area contributed by atoms with E-state index in [0.717, 1.165) is 10.6 Å². The molecule has 188 valence electrons. The van der Waals surface area contributed by atoms with Gasteiger partial charge in [-0.1, -0.05) is 24.3 Å². The van der Waals surface area contributed by atoms with Crippen molar-refractivity contribution in [1.82, 2.24) is 9.97 Å². The number of aromatic nitrogens is 2. The third-order valence-electron chi connectivity index (χ3n) is 6.32. The lowest BCUT2D eigenvalue weighted by Crippen LogP contribution is -2.43. The molecule has 0 radical (unpaired) electrons. The number of rotatable bonds is 7. The fraction of sp³-hybridized carbons (Fsp3) is 0.333. The molecule has 0 unspecified atom stereocenters. The minimum absolute atomic E-state index is 0.0259. The molecule has 1 fully saturated rings. The molecule has 0 N–H and O–H groups in total. The number of Topliss-reactive ketones (excluding diaryl/α,β-unsaturated/α-hetero) is 1. The van der Waals surface area contributed by atoms with Crippen LogP contribution in [0.1, 0.15) is 30.7 Å². The van der Waals surface area contributed by atoms with Gasteiger partial charge >= 0.3 is 0 Å². The first-order valence-corrected chi connectivity index (χ1v) is 14.4. The number of aryl methyl sites for hydroxylation is 1. The van der Waals surface area contributed by atoms with Crippen LogP contribution in [0.25, 0.3) is 11.1 Å². The van der Waals surface area contributed by atoms with E-state index in [2.05, 4.69) is 9.97 Å². The molecule has 0 aliphatic carbocycles. The van der Waals surface area contributed by atoms with Crippen molar-refractivity contribution in [2.45, 2.75) is 32.6 Å². The van der Waals surface area contributed by atoms with Gasteiger partial charge in [-0.2, -0.15) is 0 Å². The normalized spacial score (nSPS) is 16.3. The molecule has 3 aromatic rings. The Morgan fingerprint density at radius 3 is 2.44 bits per heavy atom. The van der Waals surface area contributed by atoms with Gasteiger partial charge in [0.1, 0.15) is 18.6 Å². The van der Waals surface area contributed by atoms with Crippen molar-refractivity contribution in [1.29, 1.82) is 0 Å². The van der Waals surface area contributed by atoms with Crippen LogP contribution in [-0.4, -0.2) is 41.5 Å². The number of carbonyl (C=O) groups excluding carboxylic acids is 2. The van der Waals surface area contributed by atoms with Crippen LogP contribution in [0, 0.1) is 24.5 Å². The Balaban J connectivity index is 1.56. The molecule has 1 amide bonds. The number of ketones is 1. The molecule has 0 bridgehead atoms. The van der Waals surface area contributed by atoms with Gasteiger partial charge in [0, 0.05) is 36.6 Å². The van der Waals surface area contributed by atoms with Gasteiger partial charge in [0.05, 0.1) is 17.8 Å². The SMILES string of the molecule is Cc1cnc(CC(=O)C[C@@H]2CCCN(c3c(F)cc(-c4ccccc4P(C)(C)=O)cc3F)C2=O)cn1. The molecule has 1 aromatic heterocycles. The van der Waals surface area contributed by atoms with Crippen LogP contribution in [0.3, 0.4) is 0 Å². The smallest absolute Gasteiger partial charge is 0.230 e. The summed E-state index contributed by atoms with van der Waals surface area (Å²) < 4.78 is 43.3. The predicted octanol–water partition coefficient (Wildman–Crippen LogP) is 4.92. The third kappa shape index (κ3) is 5.59. The topological polar surface area (TPSA) is 80.2 Å². The van der Waals surface area contributed by atoms with Crippen molar-refractivity contribution >= 4 is 29.8 Å². The molecule has 4 rings (SSSR count). The summed E-state index contributed by atoms with van der Waals surface area (Å²) in [5, 5.41) is 0.530. The summed E-state index contributed by atoms with van der Waals surface area (Å²) in [5.41, 5.74) is 1.58. The first kappa shape index (κ1) is 25.8. The summed E-state index contributed by atoms with van der Waals surface area (Å²) in [6.07, 6.45) is 4.12. The summed E-state index contributed by atoms with van der Waals surface area (Å²) in [4.78, 5) is 35.2. The third-order valence-corrected chi connectivity index (χ3v) is 7.87. The van der Waals surface area contributed by atoms with Crippen LogP contribution in [0.15, 0.2) is 48.8 Å². The minimum Gasteiger partial charge on any atom is -0.319 e. The highest BCUT2D eigenvalue weighted by molar-refractivity contribution is 7.70. The van der Waals surface area contributed by atoms with Crippen molar-refractivity contribution in [2.24, 2.45) is 5.92 Å². The van der Waals surface area contributed by atoms with E-state index in [1.165, 1.54) is 18.3 Å². The van der Waals surface area contributed by atoms with E-state index in [0.29, 0.717) is 29.4 Å². The summed E-state index contributed by atoms with van der Waals surface area (Å²) in [7, 11) is -2.70. The minimum atomic E-state index is -2.70. The first-order valence-electron chi connectivity index (χ1n) is 11.8. The molecule has 2 aromatic carbocycles. The Hall–Kier alpha value is -3.25. The molecular weight excluding hydrogens is 483 g/mol. The Bertz CT molecular complexity index is 1330. The highest BCUT2D eigenvalue weighted by Gasteiger charge is 2.34. The number of halogens is 2. The number of hydrogen-bond acceptors (Lipinski definition) is 5. The largest absolute Gasteiger partial charge is 0.319 e. The maximum Gasteiger partial charge on any atom is 0.230 e. The molecule has 2 heterocycles. The molecule has 6 nitrogen and oxygen atoms in total. The number of carbonyl (C=O) groups is 2. The molecule has 1 aliphatic rings. The molecular formula is C27H28F2N3O3P. The van der Waals surface area contributed by atoms with Gasteiger partial charge in [0.15, 0.2) is 11.6 Å². The number of nitrogens with zero attached hydrogens (tertiary/aromatic N) is 3. The van der Waals surface area contributed by atoms with Crippen LogP contribution in [0.4, 0.5) is 14.5 Å². The number of hydrogen-bond donors (Lipinski definition) is 0. The fourth-order valence-corrected chi connectivity index (χ4v) is 5.82. The maximum atomic E-state index is 15.3. The van der Waals surface area contributed by atoms with E-state index in [9.17, 15) is 14.2 Å². The summed E-state index contributed by atoms with van der Waals surface area (Å²) in [5.74, 6) is -3.06. The van der Waals surface area contributed by atoms with E-state index in [-0.39, 0.29) is 30.7 Å². The lowest BCUT2D eigenvalue weighted by Gasteiger charge is -2.32. The second-order valence-electron chi connectivity index (χ2n) is 9.55. The predicted molar refractivity (Wildman–Crippen MR) is 136 cm³/mol. The zero-order valence-electron chi connectivity index (χ0n) is 20.5. The van der Waals surface area contributed by atoms with Crippen LogP contribution >= 0.6 is 7.14 Å². The van der Waals surface area contributed by atoms with Crippen LogP contribution in [0.5, 0.6) is 0 Å². The standard InChI is InChI=1S/C27H28F2N3O3P/c1-17-15-31-20(16-30-17)14-21(33)11-18-7-6-10-32(27(18)34)26-23(28)12-19(13-24(26)29)22-8-4-5-9-25(22)36(2,3)35/h4-5,8-9,12-13,15-16,18H,6-7,10-11,14H2,1-3H3/t18-/m0/s1. The van der Waals surface area contributed by atoms with Crippen LogP contribution in [0.2, 0.25) is 0 Å². The lowest BCUT2D eigenvalue weighted by molar-refractivity contribution is -0.128. The Morgan fingerprint density at radius 1 is 1.11 bits per heavy atom. The first-order chi connectivity index (χ1) is 17.0. The monoisotopic (exact) mass is 511 g/mol. The molecule has 0 spiro atoms. The van der Waals surface area contributed by atoms with Gasteiger partial charge in [0.25, 0.3) is 0 Å². The van der Waals surface area contributed by atoms with Gasteiger partial charge in [-0.25, -0.2) is 8.78 Å². The second-order valence-corrected chi connectivity index (χ2v) is 12.7. The van der Waals surface area contributed by atoms with Gasteiger partial charge < -0.3 is 9.46 Å². The van der Waals surface area contributed by atoms with Crippen molar-refractivity contribution in [3.05, 3.63) is 71.8 Å². The molecule has 1 saturated heterocycles. The van der Waals surface area contributed by atoms with Crippen LogP contribution in [-0.2, 0) is 20.6 Å². The van der Waals surface area contributed by atoms with Crippen molar-refractivity contribution in [3.8, 4) is 11.1 Å². The molecule has 1 aliphatic heterocycles. The molecule has 0 saturated carbocycles. The van der Waals surface area contributed by atoms with E-state index in [1.54, 1.807) is 50.7 Å². The highest BCUT2D eigenvalue weighted by Crippen LogP contribution is 2.40. The maximum absolute atomic E-state index is 15.3. The number of benzene rings is 2. The van der Waals surface area contributed by atoms with Gasteiger partial charge in [-0.3, -0.25) is 19.6 Å². The van der Waals surface area contributed by atoms with E-state index in [4.69, 9.17) is 0 Å². The number of piperidine rings is 1. The van der Waals surface area contributed by atoms with Gasteiger partial charge in [-0.05, 0) is 56.4 Å². The zero-order chi connectivity index (χ0) is 26.0. The Morgan fingerprint density at radius 2 is 1.81 bits per heavy atom. The molecule has 9 heteroatoms. The van der Waals surface area contributed by atoms with E-state index >= 15 is 8.78 Å². The highest BCUT2D eigenvalue weighted by atomic mass is 31.2. The Kier molecular flexibility index (Phi) is 7.46. The van der Waals surface area contributed by atoms with Crippen molar-refractivity contribution in [2.75, 3.05) is 24.8 Å². The van der Waals surface area contributed by atoms with E-state index < -0.39 is 36.3 Å². The lowest BCUT2D eigenvalue weighted by atomic mass is 9.90. The summed E-state index contributed by atoms with van der Waals surface area (Å²) >= 11 is 0. The second kappa shape index (κ2) is 10.4. The number of anilines is 1. The average molecular weight is 512 g/mol. The molecule has 1 atom stereocenters. The van der Waals surface area contributed by atoms with E-state index in [1.807, 2.05) is 0 Å². The summed E-state index contributed by atoms with van der Waals surface area (Å²) in [6.45, 7) is 5.16. The quantitative estimate of drug-likeness (QED) is 0.421. The average Bonchev–Trinajstić information content (AvgIpc) is 2.82. The van der Waals surface area contributed by atoms with Crippen LogP contribution < -0.4 is 10.2 Å². The Labute approximate surface area is 209 Å². The zero-order valence-corrected chi connectivity index (χ0v) is 21.4. The van der Waals surface area contributed by atoms with Crippen molar-refractivity contribution < 1.29 is 22.9 Å². The summed E-state index contributed by atoms with van der Waals surface area (Å²) in [6, 6.07) is 9.16. The molecule has 36 heavy (non-hydrogen) atoms. The number of amides is 1.